The fourth-order valence-electron chi connectivity index (χ4n) is 4.21. The molecule has 0 saturated carbocycles. The molecule has 1 aromatic carbocycles. The zero-order chi connectivity index (χ0) is 23.6. The third-order valence-electron chi connectivity index (χ3n) is 5.90. The summed E-state index contributed by atoms with van der Waals surface area (Å²) >= 11 is 0. The van der Waals surface area contributed by atoms with E-state index < -0.39 is 0 Å². The highest BCUT2D eigenvalue weighted by Crippen LogP contribution is 2.20. The number of aromatic nitrogens is 2. The fraction of sp³-hybridized carbons (Fsp3) is 0.542. The highest BCUT2D eigenvalue weighted by molar-refractivity contribution is 5.95. The summed E-state index contributed by atoms with van der Waals surface area (Å²) < 4.78 is 2.99. The summed E-state index contributed by atoms with van der Waals surface area (Å²) in [6, 6.07) is 8.91. The second-order valence-electron chi connectivity index (χ2n) is 9.13. The van der Waals surface area contributed by atoms with Gasteiger partial charge in [0, 0.05) is 69.7 Å². The Morgan fingerprint density at radius 3 is 2.22 bits per heavy atom. The first-order chi connectivity index (χ1) is 15.1. The highest BCUT2D eigenvalue weighted by Gasteiger charge is 2.24. The van der Waals surface area contributed by atoms with Crippen molar-refractivity contribution >= 4 is 17.4 Å². The number of hydrogen-bond acceptors (Lipinski definition) is 5. The summed E-state index contributed by atoms with van der Waals surface area (Å²) in [7, 11) is 3.91. The number of benzene rings is 1. The monoisotopic (exact) mass is 441 g/mol. The third-order valence-corrected chi connectivity index (χ3v) is 5.90. The zero-order valence-corrected chi connectivity index (χ0v) is 20.0. The standard InChI is InChI=1S/C24H35N5O3/c1-17(2)28-21(16-22(30)29(18(3)4)24(28)32)26-11-8-12-27(14-13-26)23(31)19-9-7-10-20(15-19)25(5)6/h7,9-10,15-18H,8,11-14H2,1-6H3. The third kappa shape index (κ3) is 4.74. The second-order valence-corrected chi connectivity index (χ2v) is 9.13. The minimum atomic E-state index is -0.283. The lowest BCUT2D eigenvalue weighted by atomic mass is 10.1. The van der Waals surface area contributed by atoms with Crippen molar-refractivity contribution in [2.75, 3.05) is 50.1 Å². The molecule has 1 amide bonds. The molecule has 32 heavy (non-hydrogen) atoms. The van der Waals surface area contributed by atoms with Gasteiger partial charge in [-0.05, 0) is 52.3 Å². The molecule has 8 heteroatoms. The largest absolute Gasteiger partial charge is 0.378 e. The van der Waals surface area contributed by atoms with Crippen LogP contribution in [0, 0.1) is 0 Å². The van der Waals surface area contributed by atoms with Crippen molar-refractivity contribution in [1.29, 1.82) is 0 Å². The van der Waals surface area contributed by atoms with E-state index in [1.165, 1.54) is 4.57 Å². The number of carbonyl (C=O) groups is 1. The van der Waals surface area contributed by atoms with E-state index in [1.54, 1.807) is 10.6 Å². The first kappa shape index (κ1) is 23.6. The zero-order valence-electron chi connectivity index (χ0n) is 20.0. The van der Waals surface area contributed by atoms with Crippen LogP contribution >= 0.6 is 0 Å². The predicted molar refractivity (Wildman–Crippen MR) is 129 cm³/mol. The van der Waals surface area contributed by atoms with Crippen LogP contribution in [0.15, 0.2) is 39.9 Å². The average Bonchev–Trinajstić information content (AvgIpc) is 2.98. The van der Waals surface area contributed by atoms with Crippen LogP contribution in [0.2, 0.25) is 0 Å². The number of nitrogens with zero attached hydrogens (tertiary/aromatic N) is 5. The maximum Gasteiger partial charge on any atom is 0.333 e. The first-order valence-electron chi connectivity index (χ1n) is 11.3. The summed E-state index contributed by atoms with van der Waals surface area (Å²) in [6.45, 7) is 9.99. The van der Waals surface area contributed by atoms with Crippen molar-refractivity contribution in [3.05, 3.63) is 56.7 Å². The minimum absolute atomic E-state index is 0.00650. The average molecular weight is 442 g/mol. The number of anilines is 2. The lowest BCUT2D eigenvalue weighted by Gasteiger charge is -2.29. The van der Waals surface area contributed by atoms with Crippen molar-refractivity contribution in [2.24, 2.45) is 0 Å². The molecule has 0 aliphatic carbocycles. The molecule has 0 spiro atoms. The molecule has 0 radical (unpaired) electrons. The summed E-state index contributed by atoms with van der Waals surface area (Å²) in [6.07, 6.45) is 0.763. The Labute approximate surface area is 189 Å². The van der Waals surface area contributed by atoms with Gasteiger partial charge in [-0.3, -0.25) is 18.7 Å². The Morgan fingerprint density at radius 2 is 1.59 bits per heavy atom. The molecule has 2 aromatic rings. The van der Waals surface area contributed by atoms with Gasteiger partial charge in [0.1, 0.15) is 5.82 Å². The molecule has 1 aromatic heterocycles. The molecule has 174 valence electrons. The van der Waals surface area contributed by atoms with Gasteiger partial charge in [0.05, 0.1) is 0 Å². The van der Waals surface area contributed by atoms with Gasteiger partial charge in [-0.2, -0.15) is 0 Å². The second kappa shape index (κ2) is 9.63. The van der Waals surface area contributed by atoms with E-state index in [-0.39, 0.29) is 29.2 Å². The Bertz CT molecular complexity index is 1080. The van der Waals surface area contributed by atoms with Gasteiger partial charge in [-0.25, -0.2) is 4.79 Å². The lowest BCUT2D eigenvalue weighted by molar-refractivity contribution is 0.0767. The first-order valence-corrected chi connectivity index (χ1v) is 11.3. The smallest absolute Gasteiger partial charge is 0.333 e. The van der Waals surface area contributed by atoms with E-state index in [4.69, 9.17) is 0 Å². The van der Waals surface area contributed by atoms with Gasteiger partial charge in [0.25, 0.3) is 11.5 Å². The minimum Gasteiger partial charge on any atom is -0.378 e. The molecular weight excluding hydrogens is 406 g/mol. The SMILES string of the molecule is CC(C)n1c(N2CCCN(C(=O)c3cccc(N(C)C)c3)CC2)cc(=O)n(C(C)C)c1=O. The van der Waals surface area contributed by atoms with Crippen LogP contribution in [0.3, 0.4) is 0 Å². The van der Waals surface area contributed by atoms with Crippen molar-refractivity contribution in [3.8, 4) is 0 Å². The van der Waals surface area contributed by atoms with Gasteiger partial charge in [0.2, 0.25) is 0 Å². The normalized spacial score (nSPS) is 14.8. The van der Waals surface area contributed by atoms with Gasteiger partial charge >= 0.3 is 5.69 Å². The van der Waals surface area contributed by atoms with Gasteiger partial charge < -0.3 is 14.7 Å². The molecule has 1 saturated heterocycles. The lowest BCUT2D eigenvalue weighted by Crippen LogP contribution is -2.45. The summed E-state index contributed by atoms with van der Waals surface area (Å²) in [5, 5.41) is 0. The van der Waals surface area contributed by atoms with E-state index in [9.17, 15) is 14.4 Å². The molecule has 0 unspecified atom stereocenters. The van der Waals surface area contributed by atoms with E-state index in [1.807, 2.05) is 75.9 Å². The molecule has 3 rings (SSSR count). The van der Waals surface area contributed by atoms with Crippen LogP contribution in [0.4, 0.5) is 11.5 Å². The molecular formula is C24H35N5O3. The molecule has 8 nitrogen and oxygen atoms in total. The van der Waals surface area contributed by atoms with Crippen molar-refractivity contribution < 1.29 is 4.79 Å². The molecule has 0 atom stereocenters. The molecule has 1 aliphatic rings. The van der Waals surface area contributed by atoms with E-state index in [0.717, 1.165) is 12.1 Å². The Kier molecular flexibility index (Phi) is 7.11. The van der Waals surface area contributed by atoms with Gasteiger partial charge in [0.15, 0.2) is 0 Å². The van der Waals surface area contributed by atoms with Crippen molar-refractivity contribution in [2.45, 2.75) is 46.2 Å². The predicted octanol–water partition coefficient (Wildman–Crippen LogP) is 2.59. The summed E-state index contributed by atoms with van der Waals surface area (Å²) in [5.74, 6) is 0.642. The summed E-state index contributed by atoms with van der Waals surface area (Å²) in [5.41, 5.74) is 1.09. The number of carbonyl (C=O) groups excluding carboxylic acids is 1. The number of amides is 1. The molecule has 1 aliphatic heterocycles. The van der Waals surface area contributed by atoms with E-state index in [2.05, 4.69) is 4.90 Å². The topological polar surface area (TPSA) is 70.8 Å². The summed E-state index contributed by atoms with van der Waals surface area (Å²) in [4.78, 5) is 44.9. The Morgan fingerprint density at radius 1 is 0.906 bits per heavy atom. The van der Waals surface area contributed by atoms with Crippen LogP contribution < -0.4 is 21.0 Å². The number of rotatable bonds is 5. The van der Waals surface area contributed by atoms with Gasteiger partial charge in [-0.15, -0.1) is 0 Å². The molecule has 0 bridgehead atoms. The fourth-order valence-corrected chi connectivity index (χ4v) is 4.21. The van der Waals surface area contributed by atoms with Crippen LogP contribution in [0.1, 0.15) is 56.6 Å². The van der Waals surface area contributed by atoms with Crippen LogP contribution in [0.25, 0.3) is 0 Å². The highest BCUT2D eigenvalue weighted by atomic mass is 16.2. The maximum atomic E-state index is 13.2. The van der Waals surface area contributed by atoms with Gasteiger partial charge in [-0.1, -0.05) is 6.07 Å². The van der Waals surface area contributed by atoms with Crippen LogP contribution in [0.5, 0.6) is 0 Å². The Balaban J connectivity index is 1.87. The molecule has 2 heterocycles. The van der Waals surface area contributed by atoms with Crippen molar-refractivity contribution in [1.82, 2.24) is 14.0 Å². The van der Waals surface area contributed by atoms with E-state index in [0.29, 0.717) is 37.6 Å². The van der Waals surface area contributed by atoms with E-state index >= 15 is 0 Å². The Hall–Kier alpha value is -3.03. The molecule has 1 fully saturated rings. The van der Waals surface area contributed by atoms with Crippen molar-refractivity contribution in [3.63, 3.8) is 0 Å². The molecule has 0 N–H and O–H groups in total. The number of hydrogen-bond donors (Lipinski definition) is 0. The van der Waals surface area contributed by atoms with Crippen LogP contribution in [-0.4, -0.2) is 60.2 Å². The quantitative estimate of drug-likeness (QED) is 0.713. The van der Waals surface area contributed by atoms with Crippen LogP contribution in [-0.2, 0) is 0 Å². The maximum absolute atomic E-state index is 13.2.